The van der Waals surface area contributed by atoms with Gasteiger partial charge < -0.3 is 0 Å². The molecule has 0 heterocycles. The first-order valence-corrected chi connectivity index (χ1v) is 11.2. The monoisotopic (exact) mass is 404 g/mol. The van der Waals surface area contributed by atoms with Gasteiger partial charge in [-0.2, -0.15) is 0 Å². The van der Waals surface area contributed by atoms with E-state index in [0.717, 1.165) is 0 Å². The van der Waals surface area contributed by atoms with Gasteiger partial charge in [-0.3, -0.25) is 0 Å². The van der Waals surface area contributed by atoms with E-state index in [2.05, 4.69) is 132 Å². The molecule has 156 valence electrons. The predicted molar refractivity (Wildman–Crippen MR) is 136 cm³/mol. The van der Waals surface area contributed by atoms with Crippen LogP contribution in [0.3, 0.4) is 0 Å². The summed E-state index contributed by atoms with van der Waals surface area (Å²) in [7, 11) is 0. The first-order chi connectivity index (χ1) is 14.9. The number of rotatable bonds is 5. The minimum Gasteiger partial charge on any atom is -0.0693 e. The van der Waals surface area contributed by atoms with Gasteiger partial charge in [0, 0.05) is 5.41 Å². The molecule has 0 spiro atoms. The van der Waals surface area contributed by atoms with Crippen molar-refractivity contribution in [3.05, 3.63) is 124 Å². The van der Waals surface area contributed by atoms with Gasteiger partial charge >= 0.3 is 0 Å². The van der Waals surface area contributed by atoms with Crippen molar-refractivity contribution in [1.82, 2.24) is 0 Å². The molecule has 0 radical (unpaired) electrons. The van der Waals surface area contributed by atoms with E-state index in [1.807, 2.05) is 0 Å². The number of fused-ring (bicyclic) bond motifs is 1. The van der Waals surface area contributed by atoms with Crippen LogP contribution in [0.5, 0.6) is 0 Å². The number of allylic oxidation sites excluding steroid dienone is 1. The highest BCUT2D eigenvalue weighted by Crippen LogP contribution is 2.36. The SMILES string of the molecule is Cc1ccc(C(C)(/C=C\c2ccc3ccccc3c2C)c2ccc(C(C)C)cc2)cc1. The molecule has 0 saturated heterocycles. The summed E-state index contributed by atoms with van der Waals surface area (Å²) in [5.74, 6) is 0.537. The third-order valence-electron chi connectivity index (χ3n) is 6.66. The van der Waals surface area contributed by atoms with Crippen LogP contribution in [0.4, 0.5) is 0 Å². The summed E-state index contributed by atoms with van der Waals surface area (Å²) < 4.78 is 0. The maximum Gasteiger partial charge on any atom is 0.0356 e. The molecule has 4 aromatic rings. The summed E-state index contributed by atoms with van der Waals surface area (Å²) in [5.41, 5.74) is 7.69. The van der Waals surface area contributed by atoms with Crippen LogP contribution < -0.4 is 0 Å². The summed E-state index contributed by atoms with van der Waals surface area (Å²) in [6, 6.07) is 31.2. The van der Waals surface area contributed by atoms with Crippen LogP contribution in [0.25, 0.3) is 16.8 Å². The third-order valence-corrected chi connectivity index (χ3v) is 6.66. The van der Waals surface area contributed by atoms with Gasteiger partial charge in [-0.1, -0.05) is 116 Å². The smallest absolute Gasteiger partial charge is 0.0356 e. The van der Waals surface area contributed by atoms with Crippen LogP contribution in [0.1, 0.15) is 60.1 Å². The fourth-order valence-corrected chi connectivity index (χ4v) is 4.35. The lowest BCUT2D eigenvalue weighted by molar-refractivity contribution is 0.725. The Morgan fingerprint density at radius 1 is 0.710 bits per heavy atom. The van der Waals surface area contributed by atoms with E-state index < -0.39 is 0 Å². The molecule has 1 unspecified atom stereocenters. The Morgan fingerprint density at radius 2 is 1.32 bits per heavy atom. The molecular weight excluding hydrogens is 372 g/mol. The van der Waals surface area contributed by atoms with Gasteiger partial charge in [0.05, 0.1) is 0 Å². The fraction of sp³-hybridized carbons (Fsp3) is 0.226. The molecule has 1 atom stereocenters. The third kappa shape index (κ3) is 4.21. The lowest BCUT2D eigenvalue weighted by Crippen LogP contribution is -2.21. The lowest BCUT2D eigenvalue weighted by atomic mass is 9.75. The van der Waals surface area contributed by atoms with Crippen LogP contribution in [0.2, 0.25) is 0 Å². The van der Waals surface area contributed by atoms with Crippen molar-refractivity contribution in [2.75, 3.05) is 0 Å². The first-order valence-electron chi connectivity index (χ1n) is 11.2. The Kier molecular flexibility index (Phi) is 5.83. The highest BCUT2D eigenvalue weighted by atomic mass is 14.3. The normalized spacial score (nSPS) is 13.7. The molecule has 31 heavy (non-hydrogen) atoms. The second-order valence-corrected chi connectivity index (χ2v) is 9.18. The molecule has 0 nitrogen and oxygen atoms in total. The molecule has 4 aromatic carbocycles. The highest BCUT2D eigenvalue weighted by molar-refractivity contribution is 5.88. The van der Waals surface area contributed by atoms with Crippen molar-refractivity contribution in [3.63, 3.8) is 0 Å². The molecule has 4 rings (SSSR count). The Morgan fingerprint density at radius 3 is 1.97 bits per heavy atom. The van der Waals surface area contributed by atoms with Crippen LogP contribution in [-0.2, 0) is 5.41 Å². The molecule has 0 heteroatoms. The summed E-state index contributed by atoms with van der Waals surface area (Å²) >= 11 is 0. The zero-order chi connectivity index (χ0) is 22.0. The van der Waals surface area contributed by atoms with Gasteiger partial charge in [-0.25, -0.2) is 0 Å². The van der Waals surface area contributed by atoms with Gasteiger partial charge in [-0.15, -0.1) is 0 Å². The molecule has 0 fully saturated rings. The van der Waals surface area contributed by atoms with Crippen LogP contribution in [0.15, 0.2) is 91.0 Å². The zero-order valence-electron chi connectivity index (χ0n) is 19.3. The minimum atomic E-state index is -0.207. The van der Waals surface area contributed by atoms with Gasteiger partial charge in [0.25, 0.3) is 0 Å². The average molecular weight is 405 g/mol. The number of benzene rings is 4. The van der Waals surface area contributed by atoms with Crippen LogP contribution >= 0.6 is 0 Å². The van der Waals surface area contributed by atoms with E-state index in [1.165, 1.54) is 44.2 Å². The minimum absolute atomic E-state index is 0.207. The van der Waals surface area contributed by atoms with Gasteiger partial charge in [-0.05, 0) is 65.3 Å². The molecule has 0 amide bonds. The molecule has 0 aliphatic rings. The molecule has 0 aromatic heterocycles. The Hall–Kier alpha value is -3.12. The van der Waals surface area contributed by atoms with Gasteiger partial charge in [0.15, 0.2) is 0 Å². The van der Waals surface area contributed by atoms with Crippen LogP contribution in [0, 0.1) is 13.8 Å². The van der Waals surface area contributed by atoms with E-state index in [0.29, 0.717) is 5.92 Å². The fourth-order valence-electron chi connectivity index (χ4n) is 4.35. The second kappa shape index (κ2) is 8.55. The van der Waals surface area contributed by atoms with E-state index in [1.54, 1.807) is 0 Å². The Balaban J connectivity index is 1.81. The molecule has 0 aliphatic carbocycles. The van der Waals surface area contributed by atoms with Crippen molar-refractivity contribution in [1.29, 1.82) is 0 Å². The van der Waals surface area contributed by atoms with Crippen molar-refractivity contribution >= 4 is 16.8 Å². The van der Waals surface area contributed by atoms with Crippen molar-refractivity contribution in [2.45, 2.75) is 46.0 Å². The topological polar surface area (TPSA) is 0 Å². The lowest BCUT2D eigenvalue weighted by Gasteiger charge is -2.28. The van der Waals surface area contributed by atoms with Crippen molar-refractivity contribution in [2.24, 2.45) is 0 Å². The van der Waals surface area contributed by atoms with Gasteiger partial charge in [0.1, 0.15) is 0 Å². The summed E-state index contributed by atoms with van der Waals surface area (Å²) in [4.78, 5) is 0. The Labute approximate surface area is 187 Å². The second-order valence-electron chi connectivity index (χ2n) is 9.18. The van der Waals surface area contributed by atoms with E-state index in [4.69, 9.17) is 0 Å². The maximum absolute atomic E-state index is 2.37. The molecular formula is C31H32. The average Bonchev–Trinajstić information content (AvgIpc) is 2.79. The molecule has 0 saturated carbocycles. The number of aryl methyl sites for hydroxylation is 2. The molecule has 0 aliphatic heterocycles. The highest BCUT2D eigenvalue weighted by Gasteiger charge is 2.26. The molecule has 0 N–H and O–H groups in total. The summed E-state index contributed by atoms with van der Waals surface area (Å²) in [5, 5.41) is 2.62. The van der Waals surface area contributed by atoms with Crippen LogP contribution in [-0.4, -0.2) is 0 Å². The van der Waals surface area contributed by atoms with Gasteiger partial charge in [0.2, 0.25) is 0 Å². The molecule has 0 bridgehead atoms. The quantitative estimate of drug-likeness (QED) is 0.312. The van der Waals surface area contributed by atoms with Crippen molar-refractivity contribution < 1.29 is 0 Å². The predicted octanol–water partition coefficient (Wildman–Crippen LogP) is 8.60. The summed E-state index contributed by atoms with van der Waals surface area (Å²) in [6.45, 7) is 11.2. The van der Waals surface area contributed by atoms with E-state index in [-0.39, 0.29) is 5.41 Å². The Bertz CT molecular complexity index is 1210. The number of hydrogen-bond acceptors (Lipinski definition) is 0. The van der Waals surface area contributed by atoms with E-state index >= 15 is 0 Å². The zero-order valence-corrected chi connectivity index (χ0v) is 19.3. The largest absolute Gasteiger partial charge is 0.0693 e. The summed E-state index contributed by atoms with van der Waals surface area (Å²) in [6.07, 6.45) is 4.68. The maximum atomic E-state index is 2.37. The van der Waals surface area contributed by atoms with E-state index in [9.17, 15) is 0 Å². The number of hydrogen-bond donors (Lipinski definition) is 0. The standard InChI is InChI=1S/C31H32/c1-22(2)25-14-18-29(19-15-25)31(5,28-16-10-23(3)11-17-28)21-20-26-12-13-27-8-6-7-9-30(27)24(26)4/h6-22H,1-5H3/b21-20-. The first kappa shape index (κ1) is 21.1. The van der Waals surface area contributed by atoms with Crippen molar-refractivity contribution in [3.8, 4) is 0 Å².